The number of aromatic nitrogens is 2. The highest BCUT2D eigenvalue weighted by Gasteiger charge is 2.49. The molecule has 1 aromatic carbocycles. The van der Waals surface area contributed by atoms with E-state index < -0.39 is 0 Å². The van der Waals surface area contributed by atoms with Crippen LogP contribution in [-0.2, 0) is 4.79 Å². The van der Waals surface area contributed by atoms with Crippen molar-refractivity contribution in [3.05, 3.63) is 53.3 Å². The van der Waals surface area contributed by atoms with Crippen LogP contribution in [0.5, 0.6) is 0 Å². The predicted octanol–water partition coefficient (Wildman–Crippen LogP) is 3.71. The number of urea groups is 1. The van der Waals surface area contributed by atoms with Gasteiger partial charge in [-0.1, -0.05) is 23.5 Å². The van der Waals surface area contributed by atoms with Crippen LogP contribution in [0.3, 0.4) is 0 Å². The summed E-state index contributed by atoms with van der Waals surface area (Å²) >= 11 is 1.40. The zero-order valence-corrected chi connectivity index (χ0v) is 19.1. The van der Waals surface area contributed by atoms with Gasteiger partial charge in [0.1, 0.15) is 0 Å². The lowest BCUT2D eigenvalue weighted by Crippen LogP contribution is -2.60. The summed E-state index contributed by atoms with van der Waals surface area (Å²) in [7, 11) is 0. The molecule has 0 unspecified atom stereocenters. The quantitative estimate of drug-likeness (QED) is 0.622. The molecule has 0 saturated carbocycles. The average molecular weight is 459 g/mol. The van der Waals surface area contributed by atoms with Crippen molar-refractivity contribution in [2.24, 2.45) is 5.41 Å². The summed E-state index contributed by atoms with van der Waals surface area (Å²) < 4.78 is 0. The van der Waals surface area contributed by atoms with Gasteiger partial charge in [-0.15, -0.1) is 0 Å². The zero-order valence-electron chi connectivity index (χ0n) is 18.3. The molecule has 0 atom stereocenters. The van der Waals surface area contributed by atoms with Crippen LogP contribution >= 0.6 is 11.3 Å². The number of likely N-dealkylation sites (tertiary alicyclic amines) is 1. The third kappa shape index (κ3) is 4.05. The van der Waals surface area contributed by atoms with Gasteiger partial charge in [0, 0.05) is 48.4 Å². The molecule has 0 radical (unpaired) electrons. The number of carbonyl (C=O) groups is 2. The Morgan fingerprint density at radius 1 is 1.18 bits per heavy atom. The lowest BCUT2D eigenvalue weighted by atomic mass is 9.79. The number of hydrogen-bond acceptors (Lipinski definition) is 6. The number of rotatable bonds is 3. The average Bonchev–Trinajstić information content (AvgIpc) is 3.36. The van der Waals surface area contributed by atoms with Crippen LogP contribution in [0.25, 0.3) is 21.7 Å². The third-order valence-electron chi connectivity index (χ3n) is 5.99. The van der Waals surface area contributed by atoms with Crippen molar-refractivity contribution in [1.29, 1.82) is 5.26 Å². The normalized spacial score (nSPS) is 16.3. The zero-order chi connectivity index (χ0) is 23.2. The fourth-order valence-electron chi connectivity index (χ4n) is 4.52. The first kappa shape index (κ1) is 21.1. The van der Waals surface area contributed by atoms with Crippen molar-refractivity contribution in [3.63, 3.8) is 0 Å². The number of benzene rings is 1. The Kier molecular flexibility index (Phi) is 5.10. The van der Waals surface area contributed by atoms with E-state index in [1.165, 1.54) is 11.3 Å². The van der Waals surface area contributed by atoms with Gasteiger partial charge in [0.25, 0.3) is 0 Å². The van der Waals surface area contributed by atoms with Gasteiger partial charge in [-0.05, 0) is 43.7 Å². The Hall–Kier alpha value is -3.77. The molecule has 0 aliphatic carbocycles. The van der Waals surface area contributed by atoms with Crippen LogP contribution in [0.1, 0.15) is 23.4 Å². The Balaban J connectivity index is 1.45. The smallest absolute Gasteiger partial charge is 0.323 e. The molecule has 2 saturated heterocycles. The summed E-state index contributed by atoms with van der Waals surface area (Å²) in [6, 6.07) is 13.2. The summed E-state index contributed by atoms with van der Waals surface area (Å²) in [4.78, 5) is 36.2. The summed E-state index contributed by atoms with van der Waals surface area (Å²) in [6.07, 6.45) is 0.471. The van der Waals surface area contributed by atoms with Gasteiger partial charge in [0.15, 0.2) is 5.13 Å². The molecule has 3 aromatic rings. The maximum atomic E-state index is 12.8. The van der Waals surface area contributed by atoms with Crippen molar-refractivity contribution in [2.75, 3.05) is 25.0 Å². The molecule has 4 heterocycles. The van der Waals surface area contributed by atoms with Crippen molar-refractivity contribution >= 4 is 28.4 Å². The van der Waals surface area contributed by atoms with Crippen molar-refractivity contribution in [3.8, 4) is 27.8 Å². The first-order chi connectivity index (χ1) is 15.8. The molecule has 3 amide bonds. The molecule has 33 heavy (non-hydrogen) atoms. The SMILES string of the molecule is Cc1cc(-c2sc(NC(=O)N3CC4(CNC(=O)C4)C3)nc2-c2cccc(C#N)c2)cc(C)n1. The van der Waals surface area contributed by atoms with Crippen LogP contribution in [-0.4, -0.2) is 46.4 Å². The molecule has 0 bridgehead atoms. The fraction of sp³-hybridized carbons (Fsp3) is 0.292. The van der Waals surface area contributed by atoms with Crippen LogP contribution in [0.4, 0.5) is 9.93 Å². The number of nitriles is 1. The Morgan fingerprint density at radius 2 is 1.94 bits per heavy atom. The number of nitrogens with one attached hydrogen (secondary N) is 2. The number of amides is 3. The largest absolute Gasteiger partial charge is 0.355 e. The number of anilines is 1. The first-order valence-electron chi connectivity index (χ1n) is 10.6. The summed E-state index contributed by atoms with van der Waals surface area (Å²) in [5.74, 6) is 0.0480. The highest BCUT2D eigenvalue weighted by atomic mass is 32.1. The van der Waals surface area contributed by atoms with Crippen molar-refractivity contribution in [2.45, 2.75) is 20.3 Å². The van der Waals surface area contributed by atoms with E-state index in [2.05, 4.69) is 21.7 Å². The Morgan fingerprint density at radius 3 is 2.61 bits per heavy atom. The number of aryl methyl sites for hydroxylation is 2. The minimum Gasteiger partial charge on any atom is -0.355 e. The van der Waals surface area contributed by atoms with Gasteiger partial charge in [-0.2, -0.15) is 5.26 Å². The van der Waals surface area contributed by atoms with Crippen molar-refractivity contribution < 1.29 is 9.59 Å². The van der Waals surface area contributed by atoms with Crippen molar-refractivity contribution in [1.82, 2.24) is 20.2 Å². The molecule has 2 aromatic heterocycles. The number of pyridine rings is 1. The Bertz CT molecular complexity index is 1300. The highest BCUT2D eigenvalue weighted by Crippen LogP contribution is 2.41. The second-order valence-electron chi connectivity index (χ2n) is 8.77. The van der Waals surface area contributed by atoms with Crippen LogP contribution in [0.2, 0.25) is 0 Å². The fourth-order valence-corrected chi connectivity index (χ4v) is 5.48. The lowest BCUT2D eigenvalue weighted by molar-refractivity contribution is -0.120. The number of carbonyl (C=O) groups excluding carboxylic acids is 2. The van der Waals surface area contributed by atoms with Gasteiger partial charge in [0.2, 0.25) is 5.91 Å². The Labute approximate surface area is 195 Å². The highest BCUT2D eigenvalue weighted by molar-refractivity contribution is 7.19. The van der Waals surface area contributed by atoms with E-state index in [0.29, 0.717) is 42.4 Å². The van der Waals surface area contributed by atoms with Gasteiger partial charge in [-0.3, -0.25) is 15.1 Å². The molecule has 2 aliphatic rings. The molecular formula is C24H22N6O2S. The van der Waals surface area contributed by atoms with Crippen LogP contribution in [0, 0.1) is 30.6 Å². The molecule has 5 rings (SSSR count). The van der Waals surface area contributed by atoms with Gasteiger partial charge >= 0.3 is 6.03 Å². The second-order valence-corrected chi connectivity index (χ2v) is 9.77. The second kappa shape index (κ2) is 7.98. The van der Waals surface area contributed by atoms with Gasteiger partial charge in [-0.25, -0.2) is 9.78 Å². The number of nitrogens with zero attached hydrogens (tertiary/aromatic N) is 4. The van der Waals surface area contributed by atoms with E-state index in [1.807, 2.05) is 38.1 Å². The molecule has 8 nitrogen and oxygen atoms in total. The van der Waals surface area contributed by atoms with Crippen LogP contribution in [0.15, 0.2) is 36.4 Å². The lowest BCUT2D eigenvalue weighted by Gasteiger charge is -2.46. The summed E-state index contributed by atoms with van der Waals surface area (Å²) in [5, 5.41) is 15.6. The van der Waals surface area contributed by atoms with E-state index >= 15 is 0 Å². The molecule has 1 spiro atoms. The van der Waals surface area contributed by atoms with E-state index in [0.717, 1.165) is 27.4 Å². The van der Waals surface area contributed by atoms with Crippen LogP contribution < -0.4 is 10.6 Å². The maximum Gasteiger partial charge on any atom is 0.323 e. The van der Waals surface area contributed by atoms with E-state index in [-0.39, 0.29) is 17.4 Å². The monoisotopic (exact) mass is 458 g/mol. The number of thiazole rings is 1. The maximum absolute atomic E-state index is 12.8. The molecule has 2 fully saturated rings. The summed E-state index contributed by atoms with van der Waals surface area (Å²) in [6.45, 7) is 5.61. The number of hydrogen-bond donors (Lipinski definition) is 2. The van der Waals surface area contributed by atoms with Gasteiger partial charge in [0.05, 0.1) is 22.2 Å². The molecule has 9 heteroatoms. The molecular weight excluding hydrogens is 436 g/mol. The molecule has 2 aliphatic heterocycles. The first-order valence-corrected chi connectivity index (χ1v) is 11.5. The third-order valence-corrected chi connectivity index (χ3v) is 7.01. The van der Waals surface area contributed by atoms with E-state index in [1.54, 1.807) is 17.0 Å². The minimum atomic E-state index is -0.223. The summed E-state index contributed by atoms with van der Waals surface area (Å²) in [5.41, 5.74) is 4.70. The van der Waals surface area contributed by atoms with E-state index in [9.17, 15) is 14.9 Å². The predicted molar refractivity (Wildman–Crippen MR) is 126 cm³/mol. The minimum absolute atomic E-state index is 0.0480. The topological polar surface area (TPSA) is 111 Å². The molecule has 166 valence electrons. The van der Waals surface area contributed by atoms with E-state index in [4.69, 9.17) is 4.98 Å². The standard InChI is InChI=1S/C24H22N6O2S/c1-14-6-18(7-15(2)27-14)21-20(17-5-3-4-16(8-17)10-25)28-22(33-21)29-23(32)30-12-24(13-30)9-19(31)26-11-24/h3-8H,9,11-13H2,1-2H3,(H,26,31)(H,28,29,32). The molecule has 2 N–H and O–H groups in total. The van der Waals surface area contributed by atoms with Gasteiger partial charge < -0.3 is 10.2 Å².